The fourth-order valence-electron chi connectivity index (χ4n) is 2.81. The van der Waals surface area contributed by atoms with E-state index < -0.39 is 0 Å². The second-order valence-corrected chi connectivity index (χ2v) is 6.11. The van der Waals surface area contributed by atoms with Crippen LogP contribution in [-0.2, 0) is 0 Å². The molecule has 2 aromatic heterocycles. The Morgan fingerprint density at radius 3 is 3.22 bits per heavy atom. The minimum Gasteiger partial charge on any atom is -0.353 e. The molecule has 1 saturated heterocycles. The average Bonchev–Trinajstić information content (AvgIpc) is 2.88. The van der Waals surface area contributed by atoms with Crippen LogP contribution < -0.4 is 4.90 Å². The molecule has 3 rings (SSSR count). The summed E-state index contributed by atoms with van der Waals surface area (Å²) in [6.07, 6.45) is 6.82. The monoisotopic (exact) mass is 280 g/mol. The van der Waals surface area contributed by atoms with Gasteiger partial charge in [-0.1, -0.05) is 0 Å². The van der Waals surface area contributed by atoms with E-state index in [0.717, 1.165) is 24.7 Å². The molecular formula is C14H17ClN2S. The van der Waals surface area contributed by atoms with E-state index >= 15 is 0 Å². The van der Waals surface area contributed by atoms with E-state index in [1.807, 2.05) is 6.20 Å². The van der Waals surface area contributed by atoms with Crippen LogP contribution in [0.25, 0.3) is 10.1 Å². The fraction of sp³-hybridized carbons (Fsp3) is 0.500. The summed E-state index contributed by atoms with van der Waals surface area (Å²) in [5.74, 6) is 1.89. The molecule has 4 heteroatoms. The van der Waals surface area contributed by atoms with Gasteiger partial charge in [-0.2, -0.15) is 0 Å². The molecule has 1 fully saturated rings. The van der Waals surface area contributed by atoms with E-state index in [0.29, 0.717) is 6.04 Å². The maximum Gasteiger partial charge on any atom is 0.137 e. The summed E-state index contributed by atoms with van der Waals surface area (Å²) in [6, 6.07) is 4.85. The Bertz CT molecular complexity index is 523. The van der Waals surface area contributed by atoms with Crippen LogP contribution in [0, 0.1) is 0 Å². The summed E-state index contributed by atoms with van der Waals surface area (Å²) in [4.78, 5) is 7.10. The summed E-state index contributed by atoms with van der Waals surface area (Å²) in [5, 5.41) is 3.44. The standard InChI is InChI=1S/C14H17ClN2S/c15-7-4-11-3-1-2-9-17(11)14-12-6-10-18-13(12)5-8-16-14/h5-6,8,10-11H,1-4,7,9H2. The molecule has 0 amide bonds. The third kappa shape index (κ3) is 2.21. The molecule has 2 aromatic rings. The highest BCUT2D eigenvalue weighted by Crippen LogP contribution is 2.33. The van der Waals surface area contributed by atoms with Gasteiger partial charge in [0.2, 0.25) is 0 Å². The zero-order valence-electron chi connectivity index (χ0n) is 10.3. The van der Waals surface area contributed by atoms with Crippen LogP contribution in [0.4, 0.5) is 5.82 Å². The van der Waals surface area contributed by atoms with E-state index in [1.165, 1.54) is 29.3 Å². The van der Waals surface area contributed by atoms with Gasteiger partial charge in [-0.05, 0) is 43.2 Å². The van der Waals surface area contributed by atoms with Crippen molar-refractivity contribution in [3.63, 3.8) is 0 Å². The number of nitrogens with zero attached hydrogens (tertiary/aromatic N) is 2. The third-order valence-electron chi connectivity index (χ3n) is 3.70. The Labute approximate surface area is 117 Å². The number of anilines is 1. The molecule has 0 aromatic carbocycles. The molecule has 18 heavy (non-hydrogen) atoms. The largest absolute Gasteiger partial charge is 0.353 e. The second kappa shape index (κ2) is 5.45. The highest BCUT2D eigenvalue weighted by Gasteiger charge is 2.24. The van der Waals surface area contributed by atoms with Crippen molar-refractivity contribution >= 4 is 38.8 Å². The van der Waals surface area contributed by atoms with Crippen LogP contribution in [0.2, 0.25) is 0 Å². The Morgan fingerprint density at radius 1 is 1.39 bits per heavy atom. The molecular weight excluding hydrogens is 264 g/mol. The number of hydrogen-bond acceptors (Lipinski definition) is 3. The first kappa shape index (κ1) is 12.2. The quantitative estimate of drug-likeness (QED) is 0.780. The summed E-state index contributed by atoms with van der Waals surface area (Å²) in [7, 11) is 0. The lowest BCUT2D eigenvalue weighted by atomic mass is 9.99. The van der Waals surface area contributed by atoms with Crippen LogP contribution in [0.15, 0.2) is 23.7 Å². The topological polar surface area (TPSA) is 16.1 Å². The minimum atomic E-state index is 0.564. The molecule has 0 spiro atoms. The van der Waals surface area contributed by atoms with Crippen LogP contribution in [0.5, 0.6) is 0 Å². The lowest BCUT2D eigenvalue weighted by molar-refractivity contribution is 0.449. The number of thiophene rings is 1. The van der Waals surface area contributed by atoms with Gasteiger partial charge in [0.15, 0.2) is 0 Å². The van der Waals surface area contributed by atoms with Gasteiger partial charge in [0.1, 0.15) is 5.82 Å². The molecule has 0 saturated carbocycles. The maximum absolute atomic E-state index is 5.94. The number of fused-ring (bicyclic) bond motifs is 1. The Morgan fingerprint density at radius 2 is 2.33 bits per heavy atom. The molecule has 1 atom stereocenters. The first-order valence-electron chi connectivity index (χ1n) is 6.55. The third-order valence-corrected chi connectivity index (χ3v) is 4.80. The normalized spacial score (nSPS) is 20.5. The number of halogens is 1. The summed E-state index contributed by atoms with van der Waals surface area (Å²) >= 11 is 7.73. The molecule has 0 N–H and O–H groups in total. The number of aromatic nitrogens is 1. The first-order valence-corrected chi connectivity index (χ1v) is 7.96. The van der Waals surface area contributed by atoms with Crippen LogP contribution in [-0.4, -0.2) is 23.5 Å². The maximum atomic E-state index is 5.94. The number of alkyl halides is 1. The summed E-state index contributed by atoms with van der Waals surface area (Å²) in [6.45, 7) is 1.11. The predicted octanol–water partition coefficient (Wildman–Crippen LogP) is 4.28. The average molecular weight is 281 g/mol. The van der Waals surface area contributed by atoms with E-state index in [4.69, 9.17) is 11.6 Å². The van der Waals surface area contributed by atoms with E-state index in [2.05, 4.69) is 27.4 Å². The molecule has 0 aliphatic carbocycles. The van der Waals surface area contributed by atoms with Crippen LogP contribution in [0.3, 0.4) is 0 Å². The summed E-state index contributed by atoms with van der Waals surface area (Å²) < 4.78 is 1.33. The number of hydrogen-bond donors (Lipinski definition) is 0. The van der Waals surface area contributed by atoms with Gasteiger partial charge in [0, 0.05) is 34.7 Å². The van der Waals surface area contributed by atoms with Crippen molar-refractivity contribution < 1.29 is 0 Å². The molecule has 0 bridgehead atoms. The van der Waals surface area contributed by atoms with Gasteiger partial charge in [-0.15, -0.1) is 22.9 Å². The van der Waals surface area contributed by atoms with Gasteiger partial charge >= 0.3 is 0 Å². The smallest absolute Gasteiger partial charge is 0.137 e. The molecule has 2 nitrogen and oxygen atoms in total. The van der Waals surface area contributed by atoms with Crippen molar-refractivity contribution in [3.05, 3.63) is 23.7 Å². The first-order chi connectivity index (χ1) is 8.90. The summed E-state index contributed by atoms with van der Waals surface area (Å²) in [5.41, 5.74) is 0. The predicted molar refractivity (Wildman–Crippen MR) is 79.9 cm³/mol. The zero-order valence-corrected chi connectivity index (χ0v) is 11.9. The van der Waals surface area contributed by atoms with Crippen molar-refractivity contribution in [2.24, 2.45) is 0 Å². The van der Waals surface area contributed by atoms with Crippen molar-refractivity contribution in [1.82, 2.24) is 4.98 Å². The highest BCUT2D eigenvalue weighted by molar-refractivity contribution is 7.17. The molecule has 1 aliphatic heterocycles. The van der Waals surface area contributed by atoms with Gasteiger partial charge in [0.05, 0.1) is 0 Å². The Hall–Kier alpha value is -0.800. The molecule has 1 aliphatic rings. The molecule has 1 unspecified atom stereocenters. The van der Waals surface area contributed by atoms with E-state index in [1.54, 1.807) is 11.3 Å². The number of piperidine rings is 1. The van der Waals surface area contributed by atoms with E-state index in [-0.39, 0.29) is 0 Å². The molecule has 96 valence electrons. The minimum absolute atomic E-state index is 0.564. The van der Waals surface area contributed by atoms with Gasteiger partial charge in [0.25, 0.3) is 0 Å². The number of pyridine rings is 1. The van der Waals surface area contributed by atoms with Crippen LogP contribution in [0.1, 0.15) is 25.7 Å². The molecule has 0 radical (unpaired) electrons. The van der Waals surface area contributed by atoms with Crippen molar-refractivity contribution in [2.45, 2.75) is 31.7 Å². The van der Waals surface area contributed by atoms with Gasteiger partial charge < -0.3 is 4.90 Å². The van der Waals surface area contributed by atoms with E-state index in [9.17, 15) is 0 Å². The highest BCUT2D eigenvalue weighted by atomic mass is 35.5. The zero-order chi connectivity index (χ0) is 12.4. The lowest BCUT2D eigenvalue weighted by Crippen LogP contribution is -2.40. The molecule has 3 heterocycles. The van der Waals surface area contributed by atoms with Crippen LogP contribution >= 0.6 is 22.9 Å². The SMILES string of the molecule is ClCCC1CCCCN1c1nccc2sccc12. The number of rotatable bonds is 3. The van der Waals surface area contributed by atoms with Crippen molar-refractivity contribution in [1.29, 1.82) is 0 Å². The Balaban J connectivity index is 1.98. The second-order valence-electron chi connectivity index (χ2n) is 4.79. The van der Waals surface area contributed by atoms with Crippen molar-refractivity contribution in [2.75, 3.05) is 17.3 Å². The Kier molecular flexibility index (Phi) is 3.71. The fourth-order valence-corrected chi connectivity index (χ4v) is 3.84. The van der Waals surface area contributed by atoms with Gasteiger partial charge in [-0.25, -0.2) is 4.98 Å². The van der Waals surface area contributed by atoms with Crippen molar-refractivity contribution in [3.8, 4) is 0 Å². The van der Waals surface area contributed by atoms with Gasteiger partial charge in [-0.3, -0.25) is 0 Å². The lowest BCUT2D eigenvalue weighted by Gasteiger charge is -2.36.